The predicted octanol–water partition coefficient (Wildman–Crippen LogP) is 1.97. The Morgan fingerprint density at radius 3 is 2.71 bits per heavy atom. The molecule has 1 unspecified atom stereocenters. The second-order valence-corrected chi connectivity index (χ2v) is 8.68. The van der Waals surface area contributed by atoms with Crippen LogP contribution >= 0.6 is 11.3 Å². The maximum absolute atomic E-state index is 12.7. The van der Waals surface area contributed by atoms with Gasteiger partial charge in [-0.2, -0.15) is 24.1 Å². The molecule has 1 aliphatic rings. The van der Waals surface area contributed by atoms with Gasteiger partial charge < -0.3 is 10.1 Å². The minimum Gasteiger partial charge on any atom is -0.497 e. The number of nitrogens with zero attached hydrogens (tertiary/aromatic N) is 1. The molecule has 2 heterocycles. The van der Waals surface area contributed by atoms with E-state index in [2.05, 4.69) is 10.0 Å². The van der Waals surface area contributed by atoms with Crippen molar-refractivity contribution in [1.82, 2.24) is 14.3 Å². The lowest BCUT2D eigenvalue weighted by Crippen LogP contribution is -2.56. The summed E-state index contributed by atoms with van der Waals surface area (Å²) in [5.41, 5.74) is 0.645. The molecule has 8 nitrogen and oxygen atoms in total. The van der Waals surface area contributed by atoms with Crippen LogP contribution in [0.25, 0.3) is 0 Å². The Morgan fingerprint density at radius 1 is 1.18 bits per heavy atom. The molecule has 0 aliphatic carbocycles. The number of piperidine rings is 1. The summed E-state index contributed by atoms with van der Waals surface area (Å²) >= 11 is 1.30. The molecule has 0 bridgehead atoms. The summed E-state index contributed by atoms with van der Waals surface area (Å²) in [7, 11) is -2.60. The zero-order chi connectivity index (χ0) is 20.1. The Hall–Kier alpha value is -2.43. The first-order chi connectivity index (χ1) is 13.4. The minimum absolute atomic E-state index is 0.218. The number of rotatable bonds is 6. The molecular formula is C18H21N3O5S2. The zero-order valence-corrected chi connectivity index (χ0v) is 16.9. The lowest BCUT2D eigenvalue weighted by molar-refractivity contribution is 0.0881. The molecule has 3 rings (SSSR count). The van der Waals surface area contributed by atoms with Crippen LogP contribution in [-0.2, 0) is 10.2 Å². The standard InChI is InChI=1S/C18H21N3O5S2/c1-26-15-6-4-5-13(11-15)17(22)19-16-7-2-3-9-21(16)28(24,25)20-18(23)14-8-10-27-12-14/h4-6,8,10-12,16H,2-3,7,9H2,1H3,(H,19,22)(H,20,23). The predicted molar refractivity (Wildman–Crippen MR) is 106 cm³/mol. The van der Waals surface area contributed by atoms with Gasteiger partial charge in [0.1, 0.15) is 5.75 Å². The normalized spacial score (nSPS) is 17.7. The Morgan fingerprint density at radius 2 is 2.00 bits per heavy atom. The molecule has 2 amide bonds. The first-order valence-electron chi connectivity index (χ1n) is 8.72. The van der Waals surface area contributed by atoms with Crippen molar-refractivity contribution in [2.75, 3.05) is 13.7 Å². The third-order valence-corrected chi connectivity index (χ3v) is 6.58. The van der Waals surface area contributed by atoms with E-state index in [-0.39, 0.29) is 12.1 Å². The summed E-state index contributed by atoms with van der Waals surface area (Å²) in [6.07, 6.45) is 1.15. The van der Waals surface area contributed by atoms with Crippen LogP contribution in [0.4, 0.5) is 0 Å². The molecule has 1 saturated heterocycles. The Balaban J connectivity index is 1.74. The molecule has 0 saturated carbocycles. The monoisotopic (exact) mass is 423 g/mol. The van der Waals surface area contributed by atoms with E-state index in [1.54, 1.807) is 41.1 Å². The number of amides is 2. The van der Waals surface area contributed by atoms with Crippen molar-refractivity contribution in [2.45, 2.75) is 25.4 Å². The molecule has 1 aliphatic heterocycles. The fraction of sp³-hybridized carbons (Fsp3) is 0.333. The van der Waals surface area contributed by atoms with E-state index in [4.69, 9.17) is 4.74 Å². The average molecular weight is 424 g/mol. The van der Waals surface area contributed by atoms with Crippen molar-refractivity contribution < 1.29 is 22.7 Å². The second-order valence-electron chi connectivity index (χ2n) is 6.28. The number of thiophene rings is 1. The third kappa shape index (κ3) is 4.70. The fourth-order valence-corrected chi connectivity index (χ4v) is 4.93. The quantitative estimate of drug-likeness (QED) is 0.739. The third-order valence-electron chi connectivity index (χ3n) is 4.40. The van der Waals surface area contributed by atoms with Gasteiger partial charge in [0.05, 0.1) is 18.8 Å². The van der Waals surface area contributed by atoms with Gasteiger partial charge in [0.2, 0.25) is 0 Å². The number of carbonyl (C=O) groups is 2. The molecule has 0 spiro atoms. The summed E-state index contributed by atoms with van der Waals surface area (Å²) in [6, 6.07) is 8.15. The molecule has 1 fully saturated rings. The van der Waals surface area contributed by atoms with Gasteiger partial charge in [0.15, 0.2) is 0 Å². The number of carbonyl (C=O) groups excluding carboxylic acids is 2. The van der Waals surface area contributed by atoms with E-state index >= 15 is 0 Å². The van der Waals surface area contributed by atoms with Crippen LogP contribution in [0.1, 0.15) is 40.0 Å². The van der Waals surface area contributed by atoms with E-state index in [0.717, 1.165) is 10.7 Å². The molecular weight excluding hydrogens is 402 g/mol. The van der Waals surface area contributed by atoms with Crippen LogP contribution in [0, 0.1) is 0 Å². The number of hydrogen-bond donors (Lipinski definition) is 2. The van der Waals surface area contributed by atoms with Gasteiger partial charge in [0.25, 0.3) is 11.8 Å². The van der Waals surface area contributed by atoms with Crippen LogP contribution < -0.4 is 14.8 Å². The molecule has 1 aromatic heterocycles. The van der Waals surface area contributed by atoms with Crippen molar-refractivity contribution in [3.8, 4) is 5.75 Å². The summed E-state index contributed by atoms with van der Waals surface area (Å²) < 4.78 is 33.8. The first kappa shape index (κ1) is 20.3. The van der Waals surface area contributed by atoms with E-state index in [0.29, 0.717) is 24.2 Å². The van der Waals surface area contributed by atoms with Gasteiger partial charge in [-0.3, -0.25) is 9.59 Å². The van der Waals surface area contributed by atoms with Crippen LogP contribution in [0.15, 0.2) is 41.1 Å². The van der Waals surface area contributed by atoms with Crippen LogP contribution in [0.5, 0.6) is 5.75 Å². The maximum atomic E-state index is 12.7. The van der Waals surface area contributed by atoms with Crippen LogP contribution in [0.2, 0.25) is 0 Å². The van der Waals surface area contributed by atoms with Crippen molar-refractivity contribution in [1.29, 1.82) is 0 Å². The highest BCUT2D eigenvalue weighted by atomic mass is 32.2. The second kappa shape index (κ2) is 8.72. The maximum Gasteiger partial charge on any atom is 0.305 e. The highest BCUT2D eigenvalue weighted by Gasteiger charge is 2.34. The molecule has 28 heavy (non-hydrogen) atoms. The number of ether oxygens (including phenoxy) is 1. The summed E-state index contributed by atoms with van der Waals surface area (Å²) in [5, 5.41) is 6.02. The largest absolute Gasteiger partial charge is 0.497 e. The Kier molecular flexibility index (Phi) is 6.32. The van der Waals surface area contributed by atoms with Gasteiger partial charge in [-0.1, -0.05) is 6.07 Å². The molecule has 10 heteroatoms. The molecule has 1 aromatic carbocycles. The van der Waals surface area contributed by atoms with E-state index in [9.17, 15) is 18.0 Å². The van der Waals surface area contributed by atoms with E-state index in [1.165, 1.54) is 18.4 Å². The molecule has 2 aromatic rings. The Labute approximate surface area is 167 Å². The lowest BCUT2D eigenvalue weighted by Gasteiger charge is -2.34. The highest BCUT2D eigenvalue weighted by Crippen LogP contribution is 2.20. The Bertz CT molecular complexity index is 944. The fourth-order valence-electron chi connectivity index (χ4n) is 2.96. The smallest absolute Gasteiger partial charge is 0.305 e. The first-order valence-corrected chi connectivity index (χ1v) is 11.1. The molecule has 150 valence electrons. The van der Waals surface area contributed by atoms with Gasteiger partial charge in [-0.25, -0.2) is 4.72 Å². The SMILES string of the molecule is COc1cccc(C(=O)NC2CCCCN2S(=O)(=O)NC(=O)c2ccsc2)c1. The number of hydrogen-bond acceptors (Lipinski definition) is 6. The number of methoxy groups -OCH3 is 1. The molecule has 0 radical (unpaired) electrons. The van der Waals surface area contributed by atoms with Crippen LogP contribution in [-0.4, -0.2) is 44.4 Å². The van der Waals surface area contributed by atoms with Crippen LogP contribution in [0.3, 0.4) is 0 Å². The van der Waals surface area contributed by atoms with Gasteiger partial charge in [-0.05, 0) is 48.9 Å². The van der Waals surface area contributed by atoms with Crippen molar-refractivity contribution in [3.05, 3.63) is 52.2 Å². The van der Waals surface area contributed by atoms with E-state index < -0.39 is 28.2 Å². The van der Waals surface area contributed by atoms with Gasteiger partial charge in [0, 0.05) is 17.5 Å². The topological polar surface area (TPSA) is 105 Å². The van der Waals surface area contributed by atoms with Crippen molar-refractivity contribution >= 4 is 33.4 Å². The highest BCUT2D eigenvalue weighted by molar-refractivity contribution is 7.87. The summed E-state index contributed by atoms with van der Waals surface area (Å²) in [5.74, 6) is -0.566. The van der Waals surface area contributed by atoms with Crippen molar-refractivity contribution in [3.63, 3.8) is 0 Å². The van der Waals surface area contributed by atoms with Crippen molar-refractivity contribution in [2.24, 2.45) is 0 Å². The summed E-state index contributed by atoms with van der Waals surface area (Å²) in [6.45, 7) is 0.218. The van der Waals surface area contributed by atoms with E-state index in [1.807, 2.05) is 0 Å². The average Bonchev–Trinajstić information content (AvgIpc) is 3.23. The van der Waals surface area contributed by atoms with Gasteiger partial charge >= 0.3 is 10.2 Å². The lowest BCUT2D eigenvalue weighted by atomic mass is 10.1. The molecule has 1 atom stereocenters. The molecule has 2 N–H and O–H groups in total. The number of benzene rings is 1. The summed E-state index contributed by atoms with van der Waals surface area (Å²) in [4.78, 5) is 24.8. The van der Waals surface area contributed by atoms with Gasteiger partial charge in [-0.15, -0.1) is 0 Å². The minimum atomic E-state index is -4.10. The number of nitrogens with one attached hydrogen (secondary N) is 2. The zero-order valence-electron chi connectivity index (χ0n) is 15.3.